The van der Waals surface area contributed by atoms with Gasteiger partial charge in [0, 0.05) is 0 Å². The van der Waals surface area contributed by atoms with E-state index < -0.39 is 17.8 Å². The Balaban J connectivity index is 4.09. The second-order valence-electron chi connectivity index (χ2n) is 1.94. The monoisotopic (exact) mass is 162 g/mol. The van der Waals surface area contributed by atoms with E-state index in [-0.39, 0.29) is 13.0 Å². The van der Waals surface area contributed by atoms with E-state index in [0.29, 0.717) is 0 Å². The van der Waals surface area contributed by atoms with Crippen LogP contribution >= 0.6 is 0 Å². The number of nitrogens with two attached hydrogens (primary N) is 1. The Morgan fingerprint density at radius 1 is 1.55 bits per heavy atom. The number of carbonyl (C=O) groups is 2. The molecular formula is C5H10N2O4. The molecule has 0 saturated carbocycles. The van der Waals surface area contributed by atoms with Crippen LogP contribution in [0.4, 0.5) is 0 Å². The second kappa shape index (κ2) is 4.64. The zero-order valence-electron chi connectivity index (χ0n) is 5.78. The summed E-state index contributed by atoms with van der Waals surface area (Å²) in [5, 5.41) is 16.5. The molecule has 0 spiro atoms. The summed E-state index contributed by atoms with van der Waals surface area (Å²) in [5.74, 6) is -3.49. The highest BCUT2D eigenvalue weighted by atomic mass is 16.5. The number of rotatable bonds is 4. The third-order valence-electron chi connectivity index (χ3n) is 1.18. The lowest BCUT2D eigenvalue weighted by molar-refractivity contribution is -0.150. The van der Waals surface area contributed by atoms with E-state index in [1.54, 1.807) is 0 Å². The molecule has 0 aromatic rings. The van der Waals surface area contributed by atoms with Crippen LogP contribution < -0.4 is 11.2 Å². The van der Waals surface area contributed by atoms with Crippen molar-refractivity contribution in [2.24, 2.45) is 11.7 Å². The van der Waals surface area contributed by atoms with E-state index in [9.17, 15) is 9.59 Å². The van der Waals surface area contributed by atoms with Crippen molar-refractivity contribution in [3.8, 4) is 0 Å². The number of hydrogen-bond acceptors (Lipinski definition) is 4. The van der Waals surface area contributed by atoms with E-state index in [2.05, 4.69) is 0 Å². The van der Waals surface area contributed by atoms with Crippen LogP contribution in [0.3, 0.4) is 0 Å². The fourth-order valence-electron chi connectivity index (χ4n) is 0.611. The summed E-state index contributed by atoms with van der Waals surface area (Å²) in [6.45, 7) is 0.0877. The van der Waals surface area contributed by atoms with Gasteiger partial charge < -0.3 is 10.8 Å². The van der Waals surface area contributed by atoms with Crippen LogP contribution in [-0.2, 0) is 9.59 Å². The van der Waals surface area contributed by atoms with Gasteiger partial charge in [-0.15, -0.1) is 0 Å². The van der Waals surface area contributed by atoms with Gasteiger partial charge in [0.2, 0.25) is 0 Å². The number of carbonyl (C=O) groups excluding carboxylic acids is 1. The van der Waals surface area contributed by atoms with E-state index >= 15 is 0 Å². The Morgan fingerprint density at radius 3 is 2.36 bits per heavy atom. The van der Waals surface area contributed by atoms with Crippen LogP contribution in [0.1, 0.15) is 6.42 Å². The quantitative estimate of drug-likeness (QED) is 0.229. The molecular weight excluding hydrogens is 152 g/mol. The topological polar surface area (TPSA) is 113 Å². The summed E-state index contributed by atoms with van der Waals surface area (Å²) in [4.78, 5) is 20.8. The summed E-state index contributed by atoms with van der Waals surface area (Å²) in [5.41, 5.74) is 6.29. The van der Waals surface area contributed by atoms with E-state index in [1.165, 1.54) is 5.48 Å². The number of carboxylic acid groups (broad SMARTS) is 1. The van der Waals surface area contributed by atoms with Crippen LogP contribution in [0.5, 0.6) is 0 Å². The molecule has 0 radical (unpaired) electrons. The molecule has 0 bridgehead atoms. The summed E-state index contributed by atoms with van der Waals surface area (Å²) >= 11 is 0. The van der Waals surface area contributed by atoms with Crippen molar-refractivity contribution in [1.82, 2.24) is 5.48 Å². The molecule has 1 unspecified atom stereocenters. The fourth-order valence-corrected chi connectivity index (χ4v) is 0.611. The van der Waals surface area contributed by atoms with Crippen molar-refractivity contribution in [3.63, 3.8) is 0 Å². The molecule has 6 heteroatoms. The maximum Gasteiger partial charge on any atom is 0.316 e. The third-order valence-corrected chi connectivity index (χ3v) is 1.18. The van der Waals surface area contributed by atoms with Crippen molar-refractivity contribution < 1.29 is 19.9 Å². The van der Waals surface area contributed by atoms with Crippen LogP contribution in [0, 0.1) is 5.92 Å². The smallest absolute Gasteiger partial charge is 0.316 e. The lowest BCUT2D eigenvalue weighted by Crippen LogP contribution is -2.34. The average Bonchev–Trinajstić information content (AvgIpc) is 1.98. The van der Waals surface area contributed by atoms with E-state index in [0.717, 1.165) is 0 Å². The van der Waals surface area contributed by atoms with Crippen LogP contribution in [0.2, 0.25) is 0 Å². The Morgan fingerprint density at radius 2 is 2.09 bits per heavy atom. The Kier molecular flexibility index (Phi) is 4.16. The van der Waals surface area contributed by atoms with Gasteiger partial charge in [0.1, 0.15) is 5.92 Å². The van der Waals surface area contributed by atoms with Gasteiger partial charge in [0.15, 0.2) is 0 Å². The average molecular weight is 162 g/mol. The van der Waals surface area contributed by atoms with Crippen LogP contribution in [0.15, 0.2) is 0 Å². The maximum atomic E-state index is 10.5. The van der Waals surface area contributed by atoms with Gasteiger partial charge in [0.25, 0.3) is 5.91 Å². The molecule has 0 aliphatic heterocycles. The van der Waals surface area contributed by atoms with Gasteiger partial charge in [-0.1, -0.05) is 0 Å². The Hall–Kier alpha value is -1.14. The van der Waals surface area contributed by atoms with Gasteiger partial charge in [0.05, 0.1) is 0 Å². The molecule has 0 saturated heterocycles. The normalized spacial score (nSPS) is 12.2. The largest absolute Gasteiger partial charge is 0.481 e. The van der Waals surface area contributed by atoms with Crippen molar-refractivity contribution >= 4 is 11.9 Å². The summed E-state index contributed by atoms with van der Waals surface area (Å²) in [6.07, 6.45) is 0.0156. The molecule has 0 fully saturated rings. The molecule has 0 heterocycles. The molecule has 0 aliphatic rings. The SMILES string of the molecule is NCCC(C(=O)O)C(=O)NO. The first kappa shape index (κ1) is 9.86. The van der Waals surface area contributed by atoms with E-state index in [4.69, 9.17) is 16.0 Å². The Bertz CT molecular complexity index is 159. The highest BCUT2D eigenvalue weighted by molar-refractivity contribution is 5.96. The van der Waals surface area contributed by atoms with E-state index in [1.807, 2.05) is 0 Å². The zero-order valence-corrected chi connectivity index (χ0v) is 5.78. The van der Waals surface area contributed by atoms with Gasteiger partial charge in [-0.3, -0.25) is 14.8 Å². The molecule has 6 nitrogen and oxygen atoms in total. The lowest BCUT2D eigenvalue weighted by Gasteiger charge is -2.06. The van der Waals surface area contributed by atoms with Gasteiger partial charge in [-0.05, 0) is 13.0 Å². The lowest BCUT2D eigenvalue weighted by atomic mass is 10.1. The first-order chi connectivity index (χ1) is 5.13. The molecule has 0 rings (SSSR count). The Labute approximate surface area is 63.0 Å². The number of hydroxylamine groups is 1. The van der Waals surface area contributed by atoms with Gasteiger partial charge in [-0.25, -0.2) is 5.48 Å². The van der Waals surface area contributed by atoms with Crippen LogP contribution in [-0.4, -0.2) is 28.7 Å². The van der Waals surface area contributed by atoms with Crippen molar-refractivity contribution in [3.05, 3.63) is 0 Å². The summed E-state index contributed by atoms with van der Waals surface area (Å²) < 4.78 is 0. The molecule has 0 aliphatic carbocycles. The minimum Gasteiger partial charge on any atom is -0.481 e. The molecule has 0 aromatic carbocycles. The summed E-state index contributed by atoms with van der Waals surface area (Å²) in [7, 11) is 0. The molecule has 11 heavy (non-hydrogen) atoms. The number of carboxylic acids is 1. The number of nitrogens with one attached hydrogen (secondary N) is 1. The predicted octanol–water partition coefficient (Wildman–Crippen LogP) is -1.46. The molecule has 5 N–H and O–H groups in total. The number of aliphatic carboxylic acids is 1. The highest BCUT2D eigenvalue weighted by Crippen LogP contribution is 2.00. The van der Waals surface area contributed by atoms with Crippen molar-refractivity contribution in [2.75, 3.05) is 6.54 Å². The van der Waals surface area contributed by atoms with Crippen LogP contribution in [0.25, 0.3) is 0 Å². The second-order valence-corrected chi connectivity index (χ2v) is 1.94. The number of amides is 1. The minimum atomic E-state index is -1.29. The van der Waals surface area contributed by atoms with Crippen molar-refractivity contribution in [2.45, 2.75) is 6.42 Å². The minimum absolute atomic E-state index is 0.0156. The standard InChI is InChI=1S/C5H10N2O4/c6-2-1-3(5(9)10)4(8)7-11/h3,11H,1-2,6H2,(H,7,8)(H,9,10). The first-order valence-electron chi connectivity index (χ1n) is 3.00. The molecule has 64 valence electrons. The highest BCUT2D eigenvalue weighted by Gasteiger charge is 2.24. The third kappa shape index (κ3) is 2.96. The molecule has 1 amide bonds. The predicted molar refractivity (Wildman–Crippen MR) is 34.7 cm³/mol. The fraction of sp³-hybridized carbons (Fsp3) is 0.600. The maximum absolute atomic E-state index is 10.5. The number of hydrogen-bond donors (Lipinski definition) is 4. The summed E-state index contributed by atoms with van der Waals surface area (Å²) in [6, 6.07) is 0. The zero-order chi connectivity index (χ0) is 8.85. The van der Waals surface area contributed by atoms with Gasteiger partial charge >= 0.3 is 5.97 Å². The molecule has 1 atom stereocenters. The first-order valence-corrected chi connectivity index (χ1v) is 3.00. The van der Waals surface area contributed by atoms with Crippen molar-refractivity contribution in [1.29, 1.82) is 0 Å². The molecule has 0 aromatic heterocycles. The van der Waals surface area contributed by atoms with Gasteiger partial charge in [-0.2, -0.15) is 0 Å².